The molecule has 4 rings (SSSR count). The molecule has 3 fully saturated rings. The van der Waals surface area contributed by atoms with E-state index >= 15 is 0 Å². The van der Waals surface area contributed by atoms with Gasteiger partial charge in [-0.25, -0.2) is 0 Å². The zero-order chi connectivity index (χ0) is 12.4. The van der Waals surface area contributed by atoms with Crippen LogP contribution in [0, 0.1) is 0 Å². The lowest BCUT2D eigenvalue weighted by atomic mass is 10.0. The molecule has 3 nitrogen and oxygen atoms in total. The van der Waals surface area contributed by atoms with Gasteiger partial charge in [-0.15, -0.1) is 0 Å². The van der Waals surface area contributed by atoms with Gasteiger partial charge in [-0.2, -0.15) is 0 Å². The van der Waals surface area contributed by atoms with Gasteiger partial charge < -0.3 is 4.74 Å². The fourth-order valence-electron chi connectivity index (χ4n) is 3.02. The molecule has 3 aliphatic heterocycles. The van der Waals surface area contributed by atoms with E-state index in [9.17, 15) is 0 Å². The van der Waals surface area contributed by atoms with E-state index in [4.69, 9.17) is 4.74 Å². The third-order valence-corrected chi connectivity index (χ3v) is 4.22. The van der Waals surface area contributed by atoms with Crippen molar-refractivity contribution in [1.82, 2.24) is 9.80 Å². The van der Waals surface area contributed by atoms with Crippen molar-refractivity contribution in [2.45, 2.75) is 25.7 Å². The van der Waals surface area contributed by atoms with Crippen molar-refractivity contribution >= 4 is 0 Å². The Kier molecular flexibility index (Phi) is 3.64. The summed E-state index contributed by atoms with van der Waals surface area (Å²) in [6.45, 7) is 9.02. The largest absolute Gasteiger partial charge is 0.372 e. The first-order valence-electron chi connectivity index (χ1n) is 6.95. The molecule has 2 bridgehead atoms. The van der Waals surface area contributed by atoms with E-state index < -0.39 is 0 Å². The van der Waals surface area contributed by atoms with Crippen molar-refractivity contribution in [1.29, 1.82) is 0 Å². The average Bonchev–Trinajstić information content (AvgIpc) is 2.47. The summed E-state index contributed by atoms with van der Waals surface area (Å²) >= 11 is 0. The summed E-state index contributed by atoms with van der Waals surface area (Å²) in [5.41, 5.74) is 1.26. The Hall–Kier alpha value is -0.900. The third-order valence-electron chi connectivity index (χ3n) is 4.22. The molecule has 1 aromatic carbocycles. The topological polar surface area (TPSA) is 15.7 Å². The molecule has 0 radical (unpaired) electrons. The molecule has 3 aliphatic rings. The zero-order valence-corrected chi connectivity index (χ0v) is 11.1. The van der Waals surface area contributed by atoms with E-state index in [0.717, 1.165) is 6.61 Å². The number of ether oxygens (including phenoxy) is 1. The van der Waals surface area contributed by atoms with Gasteiger partial charge in [0.05, 0.1) is 12.7 Å². The van der Waals surface area contributed by atoms with Gasteiger partial charge in [0.2, 0.25) is 0 Å². The molecule has 3 heterocycles. The van der Waals surface area contributed by atoms with Crippen LogP contribution in [0.1, 0.15) is 12.5 Å². The van der Waals surface area contributed by atoms with Gasteiger partial charge >= 0.3 is 0 Å². The van der Waals surface area contributed by atoms with E-state index in [1.165, 1.54) is 38.3 Å². The minimum atomic E-state index is 0.313. The van der Waals surface area contributed by atoms with E-state index in [0.29, 0.717) is 12.1 Å². The van der Waals surface area contributed by atoms with Gasteiger partial charge in [-0.05, 0) is 12.5 Å². The Morgan fingerprint density at radius 3 is 2.50 bits per heavy atom. The lowest BCUT2D eigenvalue weighted by Gasteiger charge is -2.49. The summed E-state index contributed by atoms with van der Waals surface area (Å²) in [4.78, 5) is 5.16. The molecule has 0 amide bonds. The molecule has 0 N–H and O–H groups in total. The number of hydrogen-bond acceptors (Lipinski definition) is 3. The molecular formula is C15H22N2O. The van der Waals surface area contributed by atoms with Crippen LogP contribution in [0.3, 0.4) is 0 Å². The van der Waals surface area contributed by atoms with E-state index in [2.05, 4.69) is 41.0 Å². The highest BCUT2D eigenvalue weighted by molar-refractivity contribution is 5.13. The molecule has 98 valence electrons. The number of benzene rings is 1. The number of nitrogens with zero attached hydrogens (tertiary/aromatic N) is 2. The standard InChI is InChI=1S/C15H22N2O/c1-13(18-12-14-5-3-2-4-6-14)15-11-16-7-9-17(15)10-8-16/h2-6,13,15H,7-12H2,1H3/t13-,15?/m1/s1. The first-order chi connectivity index (χ1) is 8.83. The monoisotopic (exact) mass is 246 g/mol. The number of piperazine rings is 3. The van der Waals surface area contributed by atoms with Crippen molar-refractivity contribution in [3.8, 4) is 0 Å². The zero-order valence-electron chi connectivity index (χ0n) is 11.1. The maximum Gasteiger partial charge on any atom is 0.0721 e. The summed E-state index contributed by atoms with van der Waals surface area (Å²) < 4.78 is 6.05. The van der Waals surface area contributed by atoms with Gasteiger partial charge in [0.15, 0.2) is 0 Å². The Morgan fingerprint density at radius 1 is 1.17 bits per heavy atom. The predicted octanol–water partition coefficient (Wildman–Crippen LogP) is 1.59. The van der Waals surface area contributed by atoms with Gasteiger partial charge in [0, 0.05) is 38.8 Å². The van der Waals surface area contributed by atoms with Crippen LogP contribution in [0.15, 0.2) is 30.3 Å². The molecule has 18 heavy (non-hydrogen) atoms. The van der Waals surface area contributed by atoms with E-state index in [1.807, 2.05) is 6.07 Å². The summed E-state index contributed by atoms with van der Waals surface area (Å²) in [7, 11) is 0. The molecule has 2 atom stereocenters. The highest BCUT2D eigenvalue weighted by atomic mass is 16.5. The van der Waals surface area contributed by atoms with E-state index in [-0.39, 0.29) is 0 Å². The SMILES string of the molecule is C[C@@H](OCc1ccccc1)C1CN2CCN1CC2. The second kappa shape index (κ2) is 5.39. The molecular weight excluding hydrogens is 224 g/mol. The maximum atomic E-state index is 6.05. The van der Waals surface area contributed by atoms with Crippen LogP contribution < -0.4 is 0 Å². The van der Waals surface area contributed by atoms with Crippen LogP contribution >= 0.6 is 0 Å². The molecule has 1 aromatic rings. The second-order valence-corrected chi connectivity index (χ2v) is 5.41. The number of hydrogen-bond donors (Lipinski definition) is 0. The van der Waals surface area contributed by atoms with Crippen LogP contribution in [0.4, 0.5) is 0 Å². The minimum absolute atomic E-state index is 0.313. The highest BCUT2D eigenvalue weighted by Gasteiger charge is 2.35. The first kappa shape index (κ1) is 12.2. The lowest BCUT2D eigenvalue weighted by Crippen LogP contribution is -2.64. The summed E-state index contributed by atoms with van der Waals surface area (Å²) in [6, 6.07) is 11.0. The Labute approximate surface area is 109 Å². The van der Waals surface area contributed by atoms with Crippen molar-refractivity contribution in [3.63, 3.8) is 0 Å². The number of fused-ring (bicyclic) bond motifs is 3. The van der Waals surface area contributed by atoms with Crippen molar-refractivity contribution in [2.24, 2.45) is 0 Å². The van der Waals surface area contributed by atoms with Crippen molar-refractivity contribution in [3.05, 3.63) is 35.9 Å². The fourth-order valence-corrected chi connectivity index (χ4v) is 3.02. The molecule has 0 aliphatic carbocycles. The van der Waals surface area contributed by atoms with Crippen molar-refractivity contribution < 1.29 is 4.74 Å². The van der Waals surface area contributed by atoms with Crippen LogP contribution in [-0.4, -0.2) is 54.7 Å². The first-order valence-corrected chi connectivity index (χ1v) is 6.95. The van der Waals surface area contributed by atoms with Crippen molar-refractivity contribution in [2.75, 3.05) is 32.7 Å². The van der Waals surface area contributed by atoms with Gasteiger partial charge in [-0.3, -0.25) is 9.80 Å². The molecule has 1 unspecified atom stereocenters. The molecule has 0 spiro atoms. The molecule has 3 saturated heterocycles. The number of rotatable bonds is 4. The summed E-state index contributed by atoms with van der Waals surface area (Å²) in [6.07, 6.45) is 0.313. The Morgan fingerprint density at radius 2 is 1.89 bits per heavy atom. The highest BCUT2D eigenvalue weighted by Crippen LogP contribution is 2.20. The quantitative estimate of drug-likeness (QED) is 0.802. The van der Waals surface area contributed by atoms with Gasteiger partial charge in [-0.1, -0.05) is 30.3 Å². The minimum Gasteiger partial charge on any atom is -0.372 e. The molecule has 3 heteroatoms. The fraction of sp³-hybridized carbons (Fsp3) is 0.600. The van der Waals surface area contributed by atoms with Crippen LogP contribution in [-0.2, 0) is 11.3 Å². The molecule has 0 saturated carbocycles. The summed E-state index contributed by atoms with van der Waals surface area (Å²) in [5, 5.41) is 0. The molecule has 0 aromatic heterocycles. The third kappa shape index (κ3) is 2.58. The van der Waals surface area contributed by atoms with Gasteiger partial charge in [0.25, 0.3) is 0 Å². The normalized spacial score (nSPS) is 32.4. The van der Waals surface area contributed by atoms with Gasteiger partial charge in [0.1, 0.15) is 0 Å². The second-order valence-electron chi connectivity index (χ2n) is 5.41. The van der Waals surface area contributed by atoms with Crippen LogP contribution in [0.2, 0.25) is 0 Å². The van der Waals surface area contributed by atoms with Crippen LogP contribution in [0.5, 0.6) is 0 Å². The summed E-state index contributed by atoms with van der Waals surface area (Å²) in [5.74, 6) is 0. The maximum absolute atomic E-state index is 6.05. The Balaban J connectivity index is 1.54. The lowest BCUT2D eigenvalue weighted by molar-refractivity contribution is -0.0720. The smallest absolute Gasteiger partial charge is 0.0721 e. The Bertz CT molecular complexity index is 373. The predicted molar refractivity (Wildman–Crippen MR) is 72.5 cm³/mol. The van der Waals surface area contributed by atoms with E-state index in [1.54, 1.807) is 0 Å². The average molecular weight is 246 g/mol. The van der Waals surface area contributed by atoms with Crippen LogP contribution in [0.25, 0.3) is 0 Å².